The SMILES string of the molecule is CC(C)(O)CNC(=O)[C@@H]1CCCN1C1CCCC1. The minimum Gasteiger partial charge on any atom is -0.389 e. The Bertz CT molecular complexity index is 293. The Kier molecular flexibility index (Phi) is 4.28. The molecule has 1 saturated carbocycles. The second-order valence-corrected chi connectivity index (χ2v) is 6.36. The number of nitrogens with one attached hydrogen (secondary N) is 1. The van der Waals surface area contributed by atoms with E-state index in [0.717, 1.165) is 19.4 Å². The number of amides is 1. The van der Waals surface area contributed by atoms with Gasteiger partial charge in [-0.25, -0.2) is 0 Å². The Morgan fingerprint density at radius 1 is 1.28 bits per heavy atom. The standard InChI is InChI=1S/C14H26N2O2/c1-14(2,18)10-15-13(17)12-8-5-9-16(12)11-6-3-4-7-11/h11-12,18H,3-10H2,1-2H3,(H,15,17)/t12-/m0/s1. The molecule has 0 aromatic rings. The average Bonchev–Trinajstić information content (AvgIpc) is 2.94. The highest BCUT2D eigenvalue weighted by Crippen LogP contribution is 2.30. The van der Waals surface area contributed by atoms with E-state index in [4.69, 9.17) is 0 Å². The summed E-state index contributed by atoms with van der Waals surface area (Å²) in [6.07, 6.45) is 7.19. The van der Waals surface area contributed by atoms with Crippen LogP contribution in [0.1, 0.15) is 52.4 Å². The molecule has 4 heteroatoms. The van der Waals surface area contributed by atoms with Gasteiger partial charge in [0.05, 0.1) is 11.6 Å². The number of hydrogen-bond acceptors (Lipinski definition) is 3. The van der Waals surface area contributed by atoms with Crippen molar-refractivity contribution in [2.45, 2.75) is 70.1 Å². The third-order valence-corrected chi connectivity index (χ3v) is 4.09. The van der Waals surface area contributed by atoms with Crippen LogP contribution in [-0.2, 0) is 4.79 Å². The van der Waals surface area contributed by atoms with E-state index in [-0.39, 0.29) is 11.9 Å². The number of hydrogen-bond donors (Lipinski definition) is 2. The predicted molar refractivity (Wildman–Crippen MR) is 71.3 cm³/mol. The Balaban J connectivity index is 1.88. The van der Waals surface area contributed by atoms with Gasteiger partial charge in [0.25, 0.3) is 0 Å². The lowest BCUT2D eigenvalue weighted by atomic mass is 10.1. The van der Waals surface area contributed by atoms with Crippen LogP contribution < -0.4 is 5.32 Å². The summed E-state index contributed by atoms with van der Waals surface area (Å²) in [5, 5.41) is 12.5. The Morgan fingerprint density at radius 2 is 1.94 bits per heavy atom. The Hall–Kier alpha value is -0.610. The maximum absolute atomic E-state index is 12.2. The number of carbonyl (C=O) groups is 1. The molecule has 1 atom stereocenters. The predicted octanol–water partition coefficient (Wildman–Crippen LogP) is 1.28. The molecule has 2 N–H and O–H groups in total. The molecule has 2 fully saturated rings. The van der Waals surface area contributed by atoms with E-state index in [1.165, 1.54) is 25.7 Å². The molecule has 0 radical (unpaired) electrons. The van der Waals surface area contributed by atoms with Crippen LogP contribution in [-0.4, -0.2) is 46.7 Å². The molecule has 1 amide bonds. The van der Waals surface area contributed by atoms with Gasteiger partial charge in [-0.05, 0) is 46.1 Å². The molecule has 1 aliphatic carbocycles. The van der Waals surface area contributed by atoms with E-state index in [1.54, 1.807) is 13.8 Å². The molecule has 2 aliphatic rings. The molecule has 1 saturated heterocycles. The topological polar surface area (TPSA) is 52.6 Å². The molecule has 0 spiro atoms. The third kappa shape index (κ3) is 3.45. The molecule has 0 bridgehead atoms. The van der Waals surface area contributed by atoms with E-state index in [1.807, 2.05) is 0 Å². The van der Waals surface area contributed by atoms with Crippen molar-refractivity contribution in [1.82, 2.24) is 10.2 Å². The quantitative estimate of drug-likeness (QED) is 0.794. The summed E-state index contributed by atoms with van der Waals surface area (Å²) in [5.41, 5.74) is -0.827. The van der Waals surface area contributed by atoms with Gasteiger partial charge in [0.15, 0.2) is 0 Å². The summed E-state index contributed by atoms with van der Waals surface area (Å²) in [6, 6.07) is 0.654. The van der Waals surface area contributed by atoms with E-state index in [2.05, 4.69) is 10.2 Å². The normalized spacial score (nSPS) is 26.7. The largest absolute Gasteiger partial charge is 0.389 e. The van der Waals surface area contributed by atoms with Gasteiger partial charge in [-0.2, -0.15) is 0 Å². The lowest BCUT2D eigenvalue weighted by molar-refractivity contribution is -0.127. The number of carbonyl (C=O) groups excluding carboxylic acids is 1. The summed E-state index contributed by atoms with van der Waals surface area (Å²) in [7, 11) is 0. The lowest BCUT2D eigenvalue weighted by Gasteiger charge is -2.30. The van der Waals surface area contributed by atoms with Crippen molar-refractivity contribution in [3.05, 3.63) is 0 Å². The first-order valence-corrected chi connectivity index (χ1v) is 7.23. The number of aliphatic hydroxyl groups is 1. The van der Waals surface area contributed by atoms with Crippen molar-refractivity contribution in [2.24, 2.45) is 0 Å². The highest BCUT2D eigenvalue weighted by molar-refractivity contribution is 5.82. The van der Waals surface area contributed by atoms with Crippen LogP contribution in [0, 0.1) is 0 Å². The zero-order valence-corrected chi connectivity index (χ0v) is 11.6. The van der Waals surface area contributed by atoms with E-state index in [9.17, 15) is 9.90 Å². The highest BCUT2D eigenvalue weighted by Gasteiger charge is 2.36. The van der Waals surface area contributed by atoms with Gasteiger partial charge < -0.3 is 10.4 Å². The first kappa shape index (κ1) is 13.8. The summed E-state index contributed by atoms with van der Waals surface area (Å²) in [5.74, 6) is 0.0986. The molecular formula is C14H26N2O2. The summed E-state index contributed by atoms with van der Waals surface area (Å²) >= 11 is 0. The second kappa shape index (κ2) is 5.57. The maximum atomic E-state index is 12.2. The Labute approximate surface area is 110 Å². The molecule has 18 heavy (non-hydrogen) atoms. The van der Waals surface area contributed by atoms with Crippen molar-refractivity contribution in [3.63, 3.8) is 0 Å². The smallest absolute Gasteiger partial charge is 0.237 e. The molecule has 104 valence electrons. The fourth-order valence-electron chi connectivity index (χ4n) is 3.16. The van der Waals surface area contributed by atoms with Gasteiger partial charge >= 0.3 is 0 Å². The van der Waals surface area contributed by atoms with Gasteiger partial charge in [0.2, 0.25) is 5.91 Å². The number of rotatable bonds is 4. The Morgan fingerprint density at radius 3 is 2.56 bits per heavy atom. The minimum absolute atomic E-state index is 0.0375. The van der Waals surface area contributed by atoms with Gasteiger partial charge in [-0.3, -0.25) is 9.69 Å². The lowest BCUT2D eigenvalue weighted by Crippen LogP contribution is -2.49. The first-order chi connectivity index (χ1) is 8.47. The van der Waals surface area contributed by atoms with Gasteiger partial charge in [-0.1, -0.05) is 12.8 Å². The van der Waals surface area contributed by atoms with Crippen molar-refractivity contribution in [2.75, 3.05) is 13.1 Å². The van der Waals surface area contributed by atoms with Crippen LogP contribution in [0.2, 0.25) is 0 Å². The highest BCUT2D eigenvalue weighted by atomic mass is 16.3. The maximum Gasteiger partial charge on any atom is 0.237 e. The molecule has 1 aliphatic heterocycles. The summed E-state index contributed by atoms with van der Waals surface area (Å²) in [6.45, 7) is 4.83. The van der Waals surface area contributed by atoms with Crippen LogP contribution >= 0.6 is 0 Å². The van der Waals surface area contributed by atoms with Crippen molar-refractivity contribution in [1.29, 1.82) is 0 Å². The van der Waals surface area contributed by atoms with Gasteiger partial charge in [0.1, 0.15) is 0 Å². The fourth-order valence-corrected chi connectivity index (χ4v) is 3.16. The summed E-state index contributed by atoms with van der Waals surface area (Å²) < 4.78 is 0. The molecule has 2 rings (SSSR count). The molecular weight excluding hydrogens is 228 g/mol. The van der Waals surface area contributed by atoms with Gasteiger partial charge in [-0.15, -0.1) is 0 Å². The zero-order chi connectivity index (χ0) is 13.2. The van der Waals surface area contributed by atoms with E-state index < -0.39 is 5.60 Å². The number of likely N-dealkylation sites (tertiary alicyclic amines) is 1. The van der Waals surface area contributed by atoms with Crippen molar-refractivity contribution < 1.29 is 9.90 Å². The molecule has 1 heterocycles. The molecule has 0 unspecified atom stereocenters. The molecule has 4 nitrogen and oxygen atoms in total. The second-order valence-electron chi connectivity index (χ2n) is 6.36. The average molecular weight is 254 g/mol. The van der Waals surface area contributed by atoms with Crippen LogP contribution in [0.25, 0.3) is 0 Å². The summed E-state index contributed by atoms with van der Waals surface area (Å²) in [4.78, 5) is 14.6. The van der Waals surface area contributed by atoms with Crippen molar-refractivity contribution in [3.8, 4) is 0 Å². The molecule has 0 aromatic heterocycles. The molecule has 0 aromatic carbocycles. The van der Waals surface area contributed by atoms with Crippen LogP contribution in [0.3, 0.4) is 0 Å². The van der Waals surface area contributed by atoms with Crippen LogP contribution in [0.5, 0.6) is 0 Å². The van der Waals surface area contributed by atoms with Crippen molar-refractivity contribution >= 4 is 5.91 Å². The third-order valence-electron chi connectivity index (χ3n) is 4.09. The first-order valence-electron chi connectivity index (χ1n) is 7.23. The fraction of sp³-hybridized carbons (Fsp3) is 0.929. The van der Waals surface area contributed by atoms with E-state index in [0.29, 0.717) is 12.6 Å². The number of nitrogens with zero attached hydrogens (tertiary/aromatic N) is 1. The van der Waals surface area contributed by atoms with Crippen LogP contribution in [0.15, 0.2) is 0 Å². The minimum atomic E-state index is -0.827. The zero-order valence-electron chi connectivity index (χ0n) is 11.6. The van der Waals surface area contributed by atoms with Crippen LogP contribution in [0.4, 0.5) is 0 Å². The monoisotopic (exact) mass is 254 g/mol. The van der Waals surface area contributed by atoms with Gasteiger partial charge in [0, 0.05) is 12.6 Å². The van der Waals surface area contributed by atoms with E-state index >= 15 is 0 Å².